The molecule has 6 nitrogen and oxygen atoms in total. The Labute approximate surface area is 136 Å². The summed E-state index contributed by atoms with van der Waals surface area (Å²) in [6.07, 6.45) is 1.63. The highest BCUT2D eigenvalue weighted by Gasteiger charge is 2.22. The lowest BCUT2D eigenvalue weighted by molar-refractivity contribution is -0.144. The minimum atomic E-state index is -0.779. The van der Waals surface area contributed by atoms with Gasteiger partial charge in [-0.25, -0.2) is 4.98 Å². The molecule has 0 aliphatic carbocycles. The van der Waals surface area contributed by atoms with E-state index >= 15 is 0 Å². The van der Waals surface area contributed by atoms with Crippen molar-refractivity contribution in [2.45, 2.75) is 19.8 Å². The van der Waals surface area contributed by atoms with Crippen LogP contribution in [0.2, 0.25) is 5.02 Å². The zero-order chi connectivity index (χ0) is 16.6. The third-order valence-corrected chi connectivity index (χ3v) is 3.93. The highest BCUT2D eigenvalue weighted by Crippen LogP contribution is 2.29. The van der Waals surface area contributed by atoms with Crippen LogP contribution in [-0.2, 0) is 9.53 Å². The number of fused-ring (bicyclic) bond motifs is 2. The topological polar surface area (TPSA) is 84.9 Å². The molecular weight excluding hydrogens is 318 g/mol. The van der Waals surface area contributed by atoms with Gasteiger partial charge in [0, 0.05) is 11.6 Å². The van der Waals surface area contributed by atoms with Crippen LogP contribution in [0.15, 0.2) is 29.2 Å². The second kappa shape index (κ2) is 5.96. The van der Waals surface area contributed by atoms with Crippen LogP contribution in [0.1, 0.15) is 25.5 Å². The predicted molar refractivity (Wildman–Crippen MR) is 87.7 cm³/mol. The summed E-state index contributed by atoms with van der Waals surface area (Å²) in [6.45, 7) is 3.52. The molecule has 0 saturated carbocycles. The molecule has 0 aliphatic heterocycles. The van der Waals surface area contributed by atoms with E-state index in [0.717, 1.165) is 5.39 Å². The summed E-state index contributed by atoms with van der Waals surface area (Å²) in [5, 5.41) is 1.14. The fourth-order valence-electron chi connectivity index (χ4n) is 2.41. The number of aromatic amines is 1. The number of pyridine rings is 1. The Morgan fingerprint density at radius 1 is 1.43 bits per heavy atom. The maximum Gasteiger partial charge on any atom is 0.314 e. The van der Waals surface area contributed by atoms with Gasteiger partial charge < -0.3 is 9.72 Å². The van der Waals surface area contributed by atoms with Gasteiger partial charge in [-0.05, 0) is 26.0 Å². The summed E-state index contributed by atoms with van der Waals surface area (Å²) in [5.74, 6) is -1.28. The number of esters is 1. The number of nitrogens with zero attached hydrogens (tertiary/aromatic N) is 2. The predicted octanol–water partition coefficient (Wildman–Crippen LogP) is 2.79. The Morgan fingerprint density at radius 3 is 2.96 bits per heavy atom. The quantitative estimate of drug-likeness (QED) is 0.589. The van der Waals surface area contributed by atoms with Crippen LogP contribution in [0.5, 0.6) is 0 Å². The van der Waals surface area contributed by atoms with Gasteiger partial charge in [-0.15, -0.1) is 0 Å². The molecule has 0 spiro atoms. The van der Waals surface area contributed by atoms with E-state index in [-0.39, 0.29) is 12.3 Å². The zero-order valence-corrected chi connectivity index (χ0v) is 13.3. The molecule has 2 aromatic heterocycles. The maximum atomic E-state index is 12.2. The number of benzene rings is 1. The van der Waals surface area contributed by atoms with Gasteiger partial charge in [-0.1, -0.05) is 17.7 Å². The van der Waals surface area contributed by atoms with Crippen LogP contribution < -0.4 is 5.56 Å². The van der Waals surface area contributed by atoms with E-state index in [1.54, 1.807) is 32.2 Å². The maximum absolute atomic E-state index is 12.2. The first kappa shape index (κ1) is 15.4. The largest absolute Gasteiger partial charge is 0.465 e. The van der Waals surface area contributed by atoms with Crippen molar-refractivity contribution in [3.05, 3.63) is 45.5 Å². The fraction of sp³-hybridized carbons (Fsp3) is 0.250. The number of nitrogens with one attached hydrogen (secondary N) is 1. The number of hydrogen-bond donors (Lipinski definition) is 1. The first-order valence-corrected chi connectivity index (χ1v) is 7.54. The second-order valence-electron chi connectivity index (χ2n) is 5.09. The lowest BCUT2D eigenvalue weighted by atomic mass is 10.1. The van der Waals surface area contributed by atoms with Gasteiger partial charge in [0.05, 0.1) is 22.7 Å². The molecule has 3 rings (SSSR count). The standard InChI is InChI=1S/C16H14ClN3O3/c1-3-23-16(22)8(2)12-15(21)19-10-7-9-5-4-6-18-13(9)11(17)14(10)20-12/h4-8H,3H2,1-2H3,(H,19,21). The van der Waals surface area contributed by atoms with Crippen molar-refractivity contribution in [1.82, 2.24) is 15.0 Å². The van der Waals surface area contributed by atoms with Gasteiger partial charge in [-0.3, -0.25) is 14.6 Å². The normalized spacial score (nSPS) is 12.5. The molecule has 0 amide bonds. The molecule has 3 aromatic rings. The summed E-state index contributed by atoms with van der Waals surface area (Å²) in [5.41, 5.74) is 1.14. The van der Waals surface area contributed by atoms with Crippen molar-refractivity contribution in [2.24, 2.45) is 0 Å². The third kappa shape index (κ3) is 2.66. The number of carbonyl (C=O) groups is 1. The van der Waals surface area contributed by atoms with Gasteiger partial charge >= 0.3 is 5.97 Å². The lowest BCUT2D eigenvalue weighted by Gasteiger charge is -2.11. The Bertz CT molecular complexity index is 968. The van der Waals surface area contributed by atoms with Crippen molar-refractivity contribution < 1.29 is 9.53 Å². The van der Waals surface area contributed by atoms with E-state index in [2.05, 4.69) is 15.0 Å². The van der Waals surface area contributed by atoms with Crippen molar-refractivity contribution in [3.63, 3.8) is 0 Å². The Hall–Kier alpha value is -2.47. The molecule has 0 saturated heterocycles. The summed E-state index contributed by atoms with van der Waals surface area (Å²) < 4.78 is 4.95. The van der Waals surface area contributed by atoms with E-state index in [0.29, 0.717) is 21.6 Å². The van der Waals surface area contributed by atoms with Crippen LogP contribution in [0, 0.1) is 0 Å². The number of carbonyl (C=O) groups excluding carboxylic acids is 1. The fourth-order valence-corrected chi connectivity index (χ4v) is 2.71. The highest BCUT2D eigenvalue weighted by molar-refractivity contribution is 6.39. The number of halogens is 1. The molecule has 1 N–H and O–H groups in total. The molecule has 1 atom stereocenters. The number of aromatic nitrogens is 3. The number of H-pyrrole nitrogens is 1. The van der Waals surface area contributed by atoms with E-state index in [1.807, 2.05) is 6.07 Å². The van der Waals surface area contributed by atoms with Gasteiger partial charge in [0.15, 0.2) is 0 Å². The van der Waals surface area contributed by atoms with Crippen molar-refractivity contribution in [1.29, 1.82) is 0 Å². The molecule has 0 bridgehead atoms. The average molecular weight is 332 g/mol. The Kier molecular flexibility index (Phi) is 4.00. The third-order valence-electron chi connectivity index (χ3n) is 3.57. The molecule has 7 heteroatoms. The van der Waals surface area contributed by atoms with Crippen LogP contribution in [0.3, 0.4) is 0 Å². The van der Waals surface area contributed by atoms with Gasteiger partial charge in [0.2, 0.25) is 0 Å². The van der Waals surface area contributed by atoms with E-state index in [1.165, 1.54) is 0 Å². The number of ether oxygens (including phenoxy) is 1. The smallest absolute Gasteiger partial charge is 0.314 e. The molecule has 0 aliphatic rings. The SMILES string of the molecule is CCOC(=O)C(C)c1nc2c(Cl)c3ncccc3cc2[nH]c1=O. The van der Waals surface area contributed by atoms with E-state index in [9.17, 15) is 9.59 Å². The monoisotopic (exact) mass is 331 g/mol. The van der Waals surface area contributed by atoms with E-state index in [4.69, 9.17) is 16.3 Å². The van der Waals surface area contributed by atoms with Gasteiger partial charge in [-0.2, -0.15) is 0 Å². The summed E-state index contributed by atoms with van der Waals surface area (Å²) in [7, 11) is 0. The van der Waals surface area contributed by atoms with Crippen LogP contribution in [0.4, 0.5) is 0 Å². The molecule has 2 heterocycles. The molecule has 0 radical (unpaired) electrons. The van der Waals surface area contributed by atoms with Crippen LogP contribution in [-0.4, -0.2) is 27.5 Å². The van der Waals surface area contributed by atoms with Crippen LogP contribution in [0.25, 0.3) is 21.9 Å². The molecular formula is C16H14ClN3O3. The molecule has 0 fully saturated rings. The zero-order valence-electron chi connectivity index (χ0n) is 12.6. The van der Waals surface area contributed by atoms with Gasteiger partial charge in [0.25, 0.3) is 5.56 Å². The highest BCUT2D eigenvalue weighted by atomic mass is 35.5. The molecule has 1 unspecified atom stereocenters. The van der Waals surface area contributed by atoms with Crippen LogP contribution >= 0.6 is 11.6 Å². The Morgan fingerprint density at radius 2 is 2.22 bits per heavy atom. The first-order chi connectivity index (χ1) is 11.0. The summed E-state index contributed by atoms with van der Waals surface area (Å²) >= 11 is 6.38. The van der Waals surface area contributed by atoms with Crippen molar-refractivity contribution >= 4 is 39.5 Å². The first-order valence-electron chi connectivity index (χ1n) is 7.16. The molecule has 118 valence electrons. The number of rotatable bonds is 3. The molecule has 1 aromatic carbocycles. The van der Waals surface area contributed by atoms with Crippen molar-refractivity contribution in [3.8, 4) is 0 Å². The second-order valence-corrected chi connectivity index (χ2v) is 5.46. The average Bonchev–Trinajstić information content (AvgIpc) is 2.54. The number of hydrogen-bond acceptors (Lipinski definition) is 5. The van der Waals surface area contributed by atoms with Crippen molar-refractivity contribution in [2.75, 3.05) is 6.61 Å². The van der Waals surface area contributed by atoms with E-state index < -0.39 is 17.4 Å². The summed E-state index contributed by atoms with van der Waals surface area (Å²) in [4.78, 5) is 35.4. The minimum Gasteiger partial charge on any atom is -0.465 e. The summed E-state index contributed by atoms with van der Waals surface area (Å²) in [6, 6.07) is 5.39. The Balaban J connectivity index is 2.24. The lowest BCUT2D eigenvalue weighted by Crippen LogP contribution is -2.23. The minimum absolute atomic E-state index is 0.0770. The van der Waals surface area contributed by atoms with Gasteiger partial charge in [0.1, 0.15) is 17.1 Å². The molecule has 23 heavy (non-hydrogen) atoms.